The molecule has 0 bridgehead atoms. The molecule has 120 valence electrons. The maximum Gasteiger partial charge on any atom is 0.317 e. The summed E-state index contributed by atoms with van der Waals surface area (Å²) < 4.78 is 0. The van der Waals surface area contributed by atoms with Crippen LogP contribution in [0.1, 0.15) is 40.0 Å². The van der Waals surface area contributed by atoms with Crippen molar-refractivity contribution in [3.63, 3.8) is 0 Å². The largest absolute Gasteiger partial charge is 0.480 e. The molecule has 0 unspecified atom stereocenters. The molecule has 1 rings (SSSR count). The minimum Gasteiger partial charge on any atom is -0.480 e. The molecule has 21 heavy (non-hydrogen) atoms. The third-order valence-corrected chi connectivity index (χ3v) is 3.69. The molecule has 0 heterocycles. The molecular formula is C15H27N3O3. The fourth-order valence-electron chi connectivity index (χ4n) is 2.46. The van der Waals surface area contributed by atoms with Gasteiger partial charge in [0.25, 0.3) is 0 Å². The monoisotopic (exact) mass is 297 g/mol. The Hall–Kier alpha value is -1.56. The van der Waals surface area contributed by atoms with Crippen molar-refractivity contribution in [1.82, 2.24) is 15.5 Å². The lowest BCUT2D eigenvalue weighted by molar-refractivity contribution is -0.139. The molecule has 1 aliphatic rings. The summed E-state index contributed by atoms with van der Waals surface area (Å²) >= 11 is 0. The molecular weight excluding hydrogens is 270 g/mol. The Morgan fingerprint density at radius 2 is 2.00 bits per heavy atom. The van der Waals surface area contributed by atoms with E-state index in [1.54, 1.807) is 0 Å². The Kier molecular flexibility index (Phi) is 7.22. The van der Waals surface area contributed by atoms with Crippen LogP contribution in [0.2, 0.25) is 0 Å². The number of carbonyl (C=O) groups excluding carboxylic acids is 1. The van der Waals surface area contributed by atoms with Crippen LogP contribution in [0.3, 0.4) is 0 Å². The lowest BCUT2D eigenvalue weighted by atomic mass is 9.85. The zero-order valence-corrected chi connectivity index (χ0v) is 13.2. The quantitative estimate of drug-likeness (QED) is 0.469. The van der Waals surface area contributed by atoms with Crippen LogP contribution in [-0.4, -0.2) is 53.7 Å². The number of aliphatic carboxylic acids is 1. The van der Waals surface area contributed by atoms with Gasteiger partial charge in [0.05, 0.1) is 6.54 Å². The van der Waals surface area contributed by atoms with Crippen LogP contribution >= 0.6 is 0 Å². The first-order chi connectivity index (χ1) is 9.92. The van der Waals surface area contributed by atoms with Crippen LogP contribution < -0.4 is 10.6 Å². The Balaban J connectivity index is 2.17. The third kappa shape index (κ3) is 6.62. The second kappa shape index (κ2) is 8.67. The van der Waals surface area contributed by atoms with Crippen molar-refractivity contribution in [1.29, 1.82) is 0 Å². The molecule has 0 saturated heterocycles. The van der Waals surface area contributed by atoms with E-state index in [1.165, 1.54) is 5.57 Å². The predicted octanol–water partition coefficient (Wildman–Crippen LogP) is 1.58. The zero-order chi connectivity index (χ0) is 15.8. The highest BCUT2D eigenvalue weighted by Gasteiger charge is 2.34. The number of carboxylic acids is 1. The summed E-state index contributed by atoms with van der Waals surface area (Å²) in [4.78, 5) is 24.3. The van der Waals surface area contributed by atoms with Crippen molar-refractivity contribution in [3.8, 4) is 0 Å². The van der Waals surface area contributed by atoms with Gasteiger partial charge in [0, 0.05) is 18.6 Å². The summed E-state index contributed by atoms with van der Waals surface area (Å²) in [5.74, 6) is -0.801. The zero-order valence-electron chi connectivity index (χ0n) is 13.2. The van der Waals surface area contributed by atoms with Gasteiger partial charge in [-0.15, -0.1) is 0 Å². The SMILES string of the molecule is CCN(CC(=O)O)C1CC(NC(=O)NCCC=C(C)C)C1. The number of amides is 2. The molecule has 1 saturated carbocycles. The molecule has 6 nitrogen and oxygen atoms in total. The van der Waals surface area contributed by atoms with Gasteiger partial charge in [-0.1, -0.05) is 18.6 Å². The first kappa shape index (κ1) is 17.5. The molecule has 0 radical (unpaired) electrons. The van der Waals surface area contributed by atoms with Gasteiger partial charge in [-0.05, 0) is 39.7 Å². The molecule has 0 aromatic heterocycles. The third-order valence-electron chi connectivity index (χ3n) is 3.69. The van der Waals surface area contributed by atoms with Gasteiger partial charge >= 0.3 is 12.0 Å². The van der Waals surface area contributed by atoms with Crippen LogP contribution in [0.15, 0.2) is 11.6 Å². The minimum absolute atomic E-state index is 0.0722. The normalized spacial score (nSPS) is 20.6. The number of urea groups is 1. The molecule has 0 spiro atoms. The van der Waals surface area contributed by atoms with Crippen LogP contribution in [-0.2, 0) is 4.79 Å². The first-order valence-corrected chi connectivity index (χ1v) is 7.56. The second-order valence-electron chi connectivity index (χ2n) is 5.75. The number of nitrogens with zero attached hydrogens (tertiary/aromatic N) is 1. The van der Waals surface area contributed by atoms with Gasteiger partial charge in [-0.3, -0.25) is 9.69 Å². The standard InChI is InChI=1S/C15H27N3O3/c1-4-18(10-14(19)20)13-8-12(9-13)17-15(21)16-7-5-6-11(2)3/h6,12-13H,4-5,7-10H2,1-3H3,(H,19,20)(H2,16,17,21). The highest BCUT2D eigenvalue weighted by Crippen LogP contribution is 2.25. The number of carbonyl (C=O) groups is 2. The van der Waals surface area contributed by atoms with Crippen LogP contribution in [0, 0.1) is 0 Å². The van der Waals surface area contributed by atoms with Gasteiger partial charge in [0.1, 0.15) is 0 Å². The molecule has 1 fully saturated rings. The molecule has 3 N–H and O–H groups in total. The number of carboxylic acid groups (broad SMARTS) is 1. The molecule has 0 aromatic rings. The number of hydrogen-bond acceptors (Lipinski definition) is 3. The Labute approximate surface area is 126 Å². The summed E-state index contributed by atoms with van der Waals surface area (Å²) in [6, 6.07) is 0.283. The highest BCUT2D eigenvalue weighted by molar-refractivity contribution is 5.74. The minimum atomic E-state index is -0.801. The number of hydrogen-bond donors (Lipinski definition) is 3. The van der Waals surface area contributed by atoms with Gasteiger partial charge < -0.3 is 15.7 Å². The maximum atomic E-state index is 11.7. The summed E-state index contributed by atoms with van der Waals surface area (Å²) in [6.45, 7) is 7.45. The van der Waals surface area contributed by atoms with E-state index in [0.717, 1.165) is 25.8 Å². The van der Waals surface area contributed by atoms with Gasteiger partial charge in [-0.25, -0.2) is 4.79 Å². The maximum absolute atomic E-state index is 11.7. The van der Waals surface area contributed by atoms with E-state index in [9.17, 15) is 9.59 Å². The van der Waals surface area contributed by atoms with Crippen LogP contribution in [0.5, 0.6) is 0 Å². The Morgan fingerprint density at radius 3 is 2.52 bits per heavy atom. The van der Waals surface area contributed by atoms with Gasteiger partial charge in [-0.2, -0.15) is 0 Å². The van der Waals surface area contributed by atoms with Crippen molar-refractivity contribution in [2.24, 2.45) is 0 Å². The number of allylic oxidation sites excluding steroid dienone is 1. The van der Waals surface area contributed by atoms with Crippen molar-refractivity contribution in [2.45, 2.75) is 52.1 Å². The van der Waals surface area contributed by atoms with E-state index < -0.39 is 5.97 Å². The van der Waals surface area contributed by atoms with Crippen LogP contribution in [0.4, 0.5) is 4.79 Å². The summed E-state index contributed by atoms with van der Waals surface area (Å²) in [5.41, 5.74) is 1.25. The van der Waals surface area contributed by atoms with E-state index in [-0.39, 0.29) is 24.7 Å². The molecule has 0 aromatic carbocycles. The van der Waals surface area contributed by atoms with Crippen molar-refractivity contribution < 1.29 is 14.7 Å². The average Bonchev–Trinajstić information content (AvgIpc) is 2.35. The van der Waals surface area contributed by atoms with Gasteiger partial charge in [0.15, 0.2) is 0 Å². The van der Waals surface area contributed by atoms with Crippen molar-refractivity contribution >= 4 is 12.0 Å². The van der Waals surface area contributed by atoms with Crippen molar-refractivity contribution in [2.75, 3.05) is 19.6 Å². The van der Waals surface area contributed by atoms with Crippen molar-refractivity contribution in [3.05, 3.63) is 11.6 Å². The molecule has 6 heteroatoms. The summed E-state index contributed by atoms with van der Waals surface area (Å²) in [5, 5.41) is 14.6. The smallest absolute Gasteiger partial charge is 0.317 e. The highest BCUT2D eigenvalue weighted by atomic mass is 16.4. The Bertz CT molecular complexity index is 386. The fraction of sp³-hybridized carbons (Fsp3) is 0.733. The molecule has 0 atom stereocenters. The van der Waals surface area contributed by atoms with E-state index in [2.05, 4.69) is 16.7 Å². The molecule has 0 aliphatic heterocycles. The second-order valence-corrected chi connectivity index (χ2v) is 5.75. The lowest BCUT2D eigenvalue weighted by Gasteiger charge is -2.42. The topological polar surface area (TPSA) is 81.7 Å². The number of likely N-dealkylation sites (N-methyl/N-ethyl adjacent to an activating group) is 1. The van der Waals surface area contributed by atoms with E-state index >= 15 is 0 Å². The van der Waals surface area contributed by atoms with E-state index in [4.69, 9.17) is 5.11 Å². The van der Waals surface area contributed by atoms with E-state index in [1.807, 2.05) is 25.7 Å². The van der Waals surface area contributed by atoms with Gasteiger partial charge in [0.2, 0.25) is 0 Å². The average molecular weight is 297 g/mol. The number of nitrogens with one attached hydrogen (secondary N) is 2. The molecule has 1 aliphatic carbocycles. The van der Waals surface area contributed by atoms with E-state index in [0.29, 0.717) is 6.54 Å². The summed E-state index contributed by atoms with van der Waals surface area (Å²) in [6.07, 6.45) is 4.57. The number of rotatable bonds is 8. The van der Waals surface area contributed by atoms with Crippen LogP contribution in [0.25, 0.3) is 0 Å². The molecule has 2 amide bonds. The predicted molar refractivity (Wildman–Crippen MR) is 82.3 cm³/mol. The Morgan fingerprint density at radius 1 is 1.33 bits per heavy atom. The lowest BCUT2D eigenvalue weighted by Crippen LogP contribution is -2.56. The first-order valence-electron chi connectivity index (χ1n) is 7.56. The summed E-state index contributed by atoms with van der Waals surface area (Å²) in [7, 11) is 0. The fourth-order valence-corrected chi connectivity index (χ4v) is 2.46.